The van der Waals surface area contributed by atoms with Gasteiger partial charge in [0.1, 0.15) is 17.1 Å². The highest BCUT2D eigenvalue weighted by Crippen LogP contribution is 2.33. The molecule has 30 heavy (non-hydrogen) atoms. The predicted molar refractivity (Wildman–Crippen MR) is 117 cm³/mol. The second-order valence-electron chi connectivity index (χ2n) is 7.19. The van der Waals surface area contributed by atoms with Crippen LogP contribution in [0.2, 0.25) is 0 Å². The Morgan fingerprint density at radius 1 is 1.07 bits per heavy atom. The smallest absolute Gasteiger partial charge is 0.160 e. The maximum absolute atomic E-state index is 5.27. The summed E-state index contributed by atoms with van der Waals surface area (Å²) < 4.78 is 9.53. The molecule has 2 aromatic carbocycles. The molecule has 0 aliphatic heterocycles. The summed E-state index contributed by atoms with van der Waals surface area (Å²) in [6.07, 6.45) is 3.74. The lowest BCUT2D eigenvalue weighted by Gasteiger charge is -2.11. The lowest BCUT2D eigenvalue weighted by Crippen LogP contribution is -2.06. The van der Waals surface area contributed by atoms with E-state index in [1.807, 2.05) is 61.8 Å². The van der Waals surface area contributed by atoms with Crippen LogP contribution in [0.3, 0.4) is 0 Å². The number of allylic oxidation sites excluding steroid dienone is 1. The van der Waals surface area contributed by atoms with Crippen molar-refractivity contribution >= 4 is 11.0 Å². The molecule has 0 atom stereocenters. The summed E-state index contributed by atoms with van der Waals surface area (Å²) in [5, 5.41) is 4.16. The summed E-state index contributed by atoms with van der Waals surface area (Å²) >= 11 is 0. The van der Waals surface area contributed by atoms with E-state index in [-0.39, 0.29) is 0 Å². The normalized spacial score (nSPS) is 11.2. The predicted octanol–water partition coefficient (Wildman–Crippen LogP) is 5.10. The third-order valence-corrected chi connectivity index (χ3v) is 5.07. The molecule has 0 N–H and O–H groups in total. The average molecular weight is 395 g/mol. The van der Waals surface area contributed by atoms with Crippen molar-refractivity contribution in [3.05, 3.63) is 91.1 Å². The van der Waals surface area contributed by atoms with Crippen molar-refractivity contribution in [2.75, 3.05) is 0 Å². The number of aryl methyl sites for hydroxylation is 1. The molecule has 0 saturated heterocycles. The average Bonchev–Trinajstić information content (AvgIpc) is 3.47. The number of hydrogen-bond acceptors (Lipinski definition) is 4. The van der Waals surface area contributed by atoms with Crippen LogP contribution in [0.5, 0.6) is 0 Å². The Morgan fingerprint density at radius 3 is 2.63 bits per heavy atom. The molecule has 3 heterocycles. The standard InChI is InChI=1S/C24H21N5O/c1-3-13-29-21-12-8-7-11-20(21)26-24(29)23-22(18-9-5-4-6-10-18)25-16-28(23)15-19-14-17(2)30-27-19/h3-12,14,16H,1,13,15H2,2H3. The molecule has 0 aliphatic carbocycles. The number of benzene rings is 2. The molecule has 0 amide bonds. The molecule has 148 valence electrons. The molecule has 6 heteroatoms. The SMILES string of the molecule is C=CCn1c(-c2c(-c3ccccc3)ncn2Cc2cc(C)on2)nc2ccccc21. The molecule has 0 unspecified atom stereocenters. The third-order valence-electron chi connectivity index (χ3n) is 5.07. The van der Waals surface area contributed by atoms with E-state index >= 15 is 0 Å². The first-order chi connectivity index (χ1) is 14.7. The van der Waals surface area contributed by atoms with Crippen molar-refractivity contribution in [2.24, 2.45) is 0 Å². The van der Waals surface area contributed by atoms with Gasteiger partial charge in [0.2, 0.25) is 0 Å². The van der Waals surface area contributed by atoms with Gasteiger partial charge in [0.25, 0.3) is 0 Å². The summed E-state index contributed by atoms with van der Waals surface area (Å²) in [7, 11) is 0. The van der Waals surface area contributed by atoms with Crippen molar-refractivity contribution in [1.29, 1.82) is 0 Å². The van der Waals surface area contributed by atoms with E-state index < -0.39 is 0 Å². The topological polar surface area (TPSA) is 61.7 Å². The Balaban J connectivity index is 1.75. The van der Waals surface area contributed by atoms with E-state index in [9.17, 15) is 0 Å². The Kier molecular flexibility index (Phi) is 4.52. The molecule has 0 bridgehead atoms. The maximum atomic E-state index is 5.27. The van der Waals surface area contributed by atoms with Crippen molar-refractivity contribution in [3.63, 3.8) is 0 Å². The zero-order chi connectivity index (χ0) is 20.5. The number of para-hydroxylation sites is 2. The molecule has 0 spiro atoms. The van der Waals surface area contributed by atoms with Gasteiger partial charge in [-0.25, -0.2) is 9.97 Å². The van der Waals surface area contributed by atoms with Gasteiger partial charge in [-0.1, -0.05) is 53.7 Å². The van der Waals surface area contributed by atoms with Gasteiger partial charge in [0.15, 0.2) is 5.82 Å². The Hall–Kier alpha value is -3.93. The largest absolute Gasteiger partial charge is 0.361 e. The van der Waals surface area contributed by atoms with Crippen molar-refractivity contribution in [3.8, 4) is 22.8 Å². The van der Waals surface area contributed by atoms with E-state index in [1.54, 1.807) is 0 Å². The van der Waals surface area contributed by atoms with E-state index in [4.69, 9.17) is 14.5 Å². The lowest BCUT2D eigenvalue weighted by atomic mass is 10.1. The fraction of sp³-hybridized carbons (Fsp3) is 0.125. The second-order valence-corrected chi connectivity index (χ2v) is 7.19. The van der Waals surface area contributed by atoms with Gasteiger partial charge in [-0.3, -0.25) is 0 Å². The van der Waals surface area contributed by atoms with Crippen LogP contribution in [-0.4, -0.2) is 24.3 Å². The number of fused-ring (bicyclic) bond motifs is 1. The van der Waals surface area contributed by atoms with Crippen LogP contribution in [0.25, 0.3) is 33.8 Å². The number of rotatable bonds is 6. The van der Waals surface area contributed by atoms with Crippen molar-refractivity contribution in [2.45, 2.75) is 20.0 Å². The first kappa shape index (κ1) is 18.1. The Labute approximate surface area is 174 Å². The Bertz CT molecular complexity index is 1330. The van der Waals surface area contributed by atoms with Crippen LogP contribution in [0.1, 0.15) is 11.5 Å². The van der Waals surface area contributed by atoms with Crippen molar-refractivity contribution < 1.29 is 4.52 Å². The zero-order valence-corrected chi connectivity index (χ0v) is 16.7. The number of aromatic nitrogens is 5. The highest BCUT2D eigenvalue weighted by molar-refractivity contribution is 5.84. The van der Waals surface area contributed by atoms with Gasteiger partial charge >= 0.3 is 0 Å². The van der Waals surface area contributed by atoms with Crippen LogP contribution in [0.4, 0.5) is 0 Å². The minimum Gasteiger partial charge on any atom is -0.361 e. The van der Waals surface area contributed by atoms with Crippen LogP contribution in [0, 0.1) is 6.92 Å². The number of hydrogen-bond donors (Lipinski definition) is 0. The molecule has 5 aromatic rings. The highest BCUT2D eigenvalue weighted by atomic mass is 16.5. The van der Waals surface area contributed by atoms with Gasteiger partial charge in [0.05, 0.1) is 29.6 Å². The van der Waals surface area contributed by atoms with Gasteiger partial charge < -0.3 is 13.7 Å². The van der Waals surface area contributed by atoms with Crippen LogP contribution in [0.15, 0.2) is 84.2 Å². The fourth-order valence-corrected chi connectivity index (χ4v) is 3.78. The lowest BCUT2D eigenvalue weighted by molar-refractivity contribution is 0.389. The summed E-state index contributed by atoms with van der Waals surface area (Å²) in [5.41, 5.74) is 5.73. The Morgan fingerprint density at radius 2 is 1.87 bits per heavy atom. The zero-order valence-electron chi connectivity index (χ0n) is 16.7. The quantitative estimate of drug-likeness (QED) is 0.375. The molecule has 0 saturated carbocycles. The monoisotopic (exact) mass is 395 g/mol. The van der Waals surface area contributed by atoms with Gasteiger partial charge in [-0.15, -0.1) is 6.58 Å². The van der Waals surface area contributed by atoms with E-state index in [0.29, 0.717) is 13.1 Å². The van der Waals surface area contributed by atoms with E-state index in [2.05, 4.69) is 39.1 Å². The van der Waals surface area contributed by atoms with Gasteiger partial charge in [-0.2, -0.15) is 0 Å². The maximum Gasteiger partial charge on any atom is 0.160 e. The number of nitrogens with zero attached hydrogens (tertiary/aromatic N) is 5. The summed E-state index contributed by atoms with van der Waals surface area (Å²) in [6.45, 7) is 7.03. The van der Waals surface area contributed by atoms with Crippen LogP contribution >= 0.6 is 0 Å². The first-order valence-electron chi connectivity index (χ1n) is 9.84. The molecule has 6 nitrogen and oxygen atoms in total. The van der Waals surface area contributed by atoms with Gasteiger partial charge in [0, 0.05) is 18.2 Å². The molecular formula is C24H21N5O. The minimum atomic E-state index is 0.545. The summed E-state index contributed by atoms with van der Waals surface area (Å²) in [4.78, 5) is 9.74. The summed E-state index contributed by atoms with van der Waals surface area (Å²) in [6, 6.07) is 20.3. The molecule has 0 aliphatic rings. The fourth-order valence-electron chi connectivity index (χ4n) is 3.78. The van der Waals surface area contributed by atoms with E-state index in [0.717, 1.165) is 45.3 Å². The second kappa shape index (κ2) is 7.48. The third kappa shape index (κ3) is 3.12. The number of imidazole rings is 2. The van der Waals surface area contributed by atoms with E-state index in [1.165, 1.54) is 0 Å². The molecule has 0 fully saturated rings. The van der Waals surface area contributed by atoms with Crippen LogP contribution in [-0.2, 0) is 13.1 Å². The first-order valence-corrected chi connectivity index (χ1v) is 9.84. The molecular weight excluding hydrogens is 374 g/mol. The van der Waals surface area contributed by atoms with Gasteiger partial charge in [-0.05, 0) is 19.1 Å². The highest BCUT2D eigenvalue weighted by Gasteiger charge is 2.22. The molecule has 0 radical (unpaired) electrons. The summed E-state index contributed by atoms with van der Waals surface area (Å²) in [5.74, 6) is 1.64. The van der Waals surface area contributed by atoms with Crippen LogP contribution < -0.4 is 0 Å². The minimum absolute atomic E-state index is 0.545. The molecule has 5 rings (SSSR count). The van der Waals surface area contributed by atoms with Crippen molar-refractivity contribution in [1.82, 2.24) is 24.3 Å². The molecule has 3 aromatic heterocycles.